The number of rotatable bonds is 8. The summed E-state index contributed by atoms with van der Waals surface area (Å²) in [6.07, 6.45) is -3.69. The van der Waals surface area contributed by atoms with Crippen LogP contribution in [0.2, 0.25) is 0 Å². The average molecular weight is 305 g/mol. The van der Waals surface area contributed by atoms with E-state index in [4.69, 9.17) is 4.74 Å². The van der Waals surface area contributed by atoms with E-state index < -0.39 is 6.36 Å². The zero-order chi connectivity index (χ0) is 15.9. The first-order chi connectivity index (χ1) is 9.81. The lowest BCUT2D eigenvalue weighted by Gasteiger charge is -2.21. The summed E-state index contributed by atoms with van der Waals surface area (Å²) in [7, 11) is 0. The number of nitrogens with one attached hydrogen (secondary N) is 1. The van der Waals surface area contributed by atoms with Crippen molar-refractivity contribution in [3.8, 4) is 5.75 Å². The Kier molecular flexibility index (Phi) is 6.98. The molecule has 0 amide bonds. The largest absolute Gasteiger partial charge is 0.573 e. The molecule has 1 rings (SSSR count). The number of benzene rings is 1. The van der Waals surface area contributed by atoms with E-state index in [1.54, 1.807) is 12.1 Å². The normalized spacial score (nSPS) is 13.5. The van der Waals surface area contributed by atoms with Crippen LogP contribution in [0.4, 0.5) is 13.2 Å². The summed E-state index contributed by atoms with van der Waals surface area (Å²) in [4.78, 5) is 0. The third-order valence-corrected chi connectivity index (χ3v) is 2.73. The van der Waals surface area contributed by atoms with Crippen LogP contribution in [0.5, 0.6) is 5.75 Å². The van der Waals surface area contributed by atoms with Gasteiger partial charge in [-0.2, -0.15) is 0 Å². The predicted molar refractivity (Wildman–Crippen MR) is 75.2 cm³/mol. The lowest BCUT2D eigenvalue weighted by molar-refractivity contribution is -0.274. The molecule has 0 heterocycles. The van der Waals surface area contributed by atoms with Gasteiger partial charge in [-0.1, -0.05) is 19.1 Å². The van der Waals surface area contributed by atoms with Crippen LogP contribution >= 0.6 is 0 Å². The van der Waals surface area contributed by atoms with E-state index in [0.29, 0.717) is 12.2 Å². The highest BCUT2D eigenvalue weighted by Gasteiger charge is 2.31. The first-order valence-corrected chi connectivity index (χ1v) is 7.02. The van der Waals surface area contributed by atoms with Crippen LogP contribution in [0.15, 0.2) is 24.3 Å². The minimum Gasteiger partial charge on any atom is -0.406 e. The van der Waals surface area contributed by atoms with Crippen LogP contribution in [0.1, 0.15) is 38.8 Å². The topological polar surface area (TPSA) is 30.5 Å². The van der Waals surface area contributed by atoms with Crippen LogP contribution in [-0.2, 0) is 4.74 Å². The molecule has 1 aromatic rings. The molecule has 1 atom stereocenters. The van der Waals surface area contributed by atoms with E-state index in [-0.39, 0.29) is 17.9 Å². The van der Waals surface area contributed by atoms with Crippen molar-refractivity contribution in [1.82, 2.24) is 5.32 Å². The highest BCUT2D eigenvalue weighted by atomic mass is 19.4. The number of alkyl halides is 3. The fourth-order valence-corrected chi connectivity index (χ4v) is 1.81. The lowest BCUT2D eigenvalue weighted by atomic mass is 10.1. The van der Waals surface area contributed by atoms with Crippen molar-refractivity contribution < 1.29 is 22.6 Å². The number of halogens is 3. The molecule has 1 unspecified atom stereocenters. The molecular formula is C15H22F3NO2. The number of ether oxygens (including phenoxy) is 2. The van der Waals surface area contributed by atoms with E-state index >= 15 is 0 Å². The Bertz CT molecular complexity index is 422. The zero-order valence-electron chi connectivity index (χ0n) is 12.5. The molecular weight excluding hydrogens is 283 g/mol. The lowest BCUT2D eigenvalue weighted by Crippen LogP contribution is -2.27. The Balaban J connectivity index is 2.82. The van der Waals surface area contributed by atoms with Crippen molar-refractivity contribution in [3.05, 3.63) is 29.8 Å². The minimum absolute atomic E-state index is 0.0607. The van der Waals surface area contributed by atoms with E-state index in [9.17, 15) is 13.2 Å². The quantitative estimate of drug-likeness (QED) is 0.786. The van der Waals surface area contributed by atoms with Gasteiger partial charge in [0, 0.05) is 0 Å². The van der Waals surface area contributed by atoms with Gasteiger partial charge in [0.05, 0.1) is 18.8 Å². The average Bonchev–Trinajstić information content (AvgIpc) is 2.37. The van der Waals surface area contributed by atoms with Crippen LogP contribution in [0, 0.1) is 0 Å². The Hall–Kier alpha value is -1.27. The zero-order valence-corrected chi connectivity index (χ0v) is 12.5. The molecule has 1 aromatic carbocycles. The van der Waals surface area contributed by atoms with Gasteiger partial charge in [0.25, 0.3) is 0 Å². The smallest absolute Gasteiger partial charge is 0.406 e. The third-order valence-electron chi connectivity index (χ3n) is 2.73. The maximum atomic E-state index is 12.3. The van der Waals surface area contributed by atoms with Gasteiger partial charge < -0.3 is 14.8 Å². The SMILES string of the molecule is CCCNC(COC(C)C)c1cccc(OC(F)(F)F)c1. The van der Waals surface area contributed by atoms with Gasteiger partial charge in [0.15, 0.2) is 0 Å². The van der Waals surface area contributed by atoms with Crippen LogP contribution in [-0.4, -0.2) is 25.6 Å². The molecule has 0 fully saturated rings. The predicted octanol–water partition coefficient (Wildman–Crippen LogP) is 4.05. The molecule has 0 aromatic heterocycles. The molecule has 0 spiro atoms. The standard InChI is InChI=1S/C15H22F3NO2/c1-4-8-19-14(10-20-11(2)3)12-6-5-7-13(9-12)21-15(16,17)18/h5-7,9,11,14,19H,4,8,10H2,1-3H3. The van der Waals surface area contributed by atoms with Crippen LogP contribution in [0.3, 0.4) is 0 Å². The second kappa shape index (κ2) is 8.24. The van der Waals surface area contributed by atoms with Crippen LogP contribution in [0.25, 0.3) is 0 Å². The molecule has 3 nitrogen and oxygen atoms in total. The van der Waals surface area contributed by atoms with E-state index in [1.807, 2.05) is 20.8 Å². The van der Waals surface area contributed by atoms with Crippen molar-refractivity contribution in [3.63, 3.8) is 0 Å². The van der Waals surface area contributed by atoms with Crippen molar-refractivity contribution in [2.75, 3.05) is 13.2 Å². The summed E-state index contributed by atoms with van der Waals surface area (Å²) < 4.78 is 46.3. The molecule has 0 radical (unpaired) electrons. The molecule has 0 aliphatic carbocycles. The summed E-state index contributed by atoms with van der Waals surface area (Å²) in [6, 6.07) is 5.83. The summed E-state index contributed by atoms with van der Waals surface area (Å²) >= 11 is 0. The summed E-state index contributed by atoms with van der Waals surface area (Å²) in [5.41, 5.74) is 0.714. The van der Waals surface area contributed by atoms with E-state index in [0.717, 1.165) is 13.0 Å². The van der Waals surface area contributed by atoms with Gasteiger partial charge in [-0.3, -0.25) is 0 Å². The second-order valence-electron chi connectivity index (χ2n) is 5.01. The molecule has 6 heteroatoms. The fraction of sp³-hybridized carbons (Fsp3) is 0.600. The highest BCUT2D eigenvalue weighted by molar-refractivity contribution is 5.30. The van der Waals surface area contributed by atoms with E-state index in [2.05, 4.69) is 10.1 Å². The van der Waals surface area contributed by atoms with Crippen LogP contribution < -0.4 is 10.1 Å². The van der Waals surface area contributed by atoms with Gasteiger partial charge in [0.2, 0.25) is 0 Å². The second-order valence-corrected chi connectivity index (χ2v) is 5.01. The fourth-order valence-electron chi connectivity index (χ4n) is 1.81. The molecule has 1 N–H and O–H groups in total. The molecule has 0 saturated heterocycles. The minimum atomic E-state index is -4.68. The number of hydrogen-bond acceptors (Lipinski definition) is 3. The first-order valence-electron chi connectivity index (χ1n) is 7.02. The first kappa shape index (κ1) is 17.8. The molecule has 0 bridgehead atoms. The van der Waals surface area contributed by atoms with Crippen molar-refractivity contribution in [2.45, 2.75) is 45.7 Å². The molecule has 21 heavy (non-hydrogen) atoms. The molecule has 0 saturated carbocycles. The maximum Gasteiger partial charge on any atom is 0.573 e. The highest BCUT2D eigenvalue weighted by Crippen LogP contribution is 2.25. The monoisotopic (exact) mass is 305 g/mol. The summed E-state index contributed by atoms with van der Waals surface area (Å²) in [5, 5.41) is 3.27. The Labute approximate surface area is 123 Å². The van der Waals surface area contributed by atoms with Crippen molar-refractivity contribution in [1.29, 1.82) is 0 Å². The molecule has 0 aliphatic rings. The molecule has 120 valence electrons. The van der Waals surface area contributed by atoms with E-state index in [1.165, 1.54) is 12.1 Å². The maximum absolute atomic E-state index is 12.3. The Morgan fingerprint density at radius 2 is 1.95 bits per heavy atom. The molecule has 0 aliphatic heterocycles. The van der Waals surface area contributed by atoms with Gasteiger partial charge in [-0.25, -0.2) is 0 Å². The van der Waals surface area contributed by atoms with Gasteiger partial charge in [-0.05, 0) is 44.5 Å². The third kappa shape index (κ3) is 7.34. The number of hydrogen-bond donors (Lipinski definition) is 1. The van der Waals surface area contributed by atoms with Gasteiger partial charge in [-0.15, -0.1) is 13.2 Å². The van der Waals surface area contributed by atoms with Crippen molar-refractivity contribution in [2.24, 2.45) is 0 Å². The van der Waals surface area contributed by atoms with Crippen molar-refractivity contribution >= 4 is 0 Å². The summed E-state index contributed by atoms with van der Waals surface area (Å²) in [5.74, 6) is -0.215. The van der Waals surface area contributed by atoms with Gasteiger partial charge in [0.1, 0.15) is 5.75 Å². The Morgan fingerprint density at radius 1 is 1.24 bits per heavy atom. The van der Waals surface area contributed by atoms with Gasteiger partial charge >= 0.3 is 6.36 Å². The summed E-state index contributed by atoms with van der Waals surface area (Å²) in [6.45, 7) is 7.01. The Morgan fingerprint density at radius 3 is 2.52 bits per heavy atom.